The number of nitrogens with zero attached hydrogens (tertiary/aromatic N) is 2. The van der Waals surface area contributed by atoms with Crippen LogP contribution in [0.25, 0.3) is 0 Å². The first-order valence-electron chi connectivity index (χ1n) is 8.33. The zero-order valence-electron chi connectivity index (χ0n) is 14.0. The van der Waals surface area contributed by atoms with Gasteiger partial charge >= 0.3 is 0 Å². The minimum atomic E-state index is -0.274. The van der Waals surface area contributed by atoms with Crippen molar-refractivity contribution >= 4 is 11.8 Å². The van der Waals surface area contributed by atoms with Crippen LogP contribution in [0.4, 0.5) is 4.39 Å². The molecule has 1 aromatic carbocycles. The molecule has 2 heterocycles. The molecule has 1 atom stereocenters. The van der Waals surface area contributed by atoms with Crippen LogP contribution in [0.2, 0.25) is 0 Å². The van der Waals surface area contributed by atoms with E-state index < -0.39 is 0 Å². The summed E-state index contributed by atoms with van der Waals surface area (Å²) in [7, 11) is 0. The molecule has 3 rings (SSSR count). The van der Waals surface area contributed by atoms with Crippen molar-refractivity contribution in [2.24, 2.45) is 0 Å². The number of benzene rings is 1. The average Bonchev–Trinajstić information content (AvgIpc) is 3.20. The van der Waals surface area contributed by atoms with Crippen LogP contribution >= 0.6 is 0 Å². The number of amides is 2. The molecule has 1 N–H and O–H groups in total. The van der Waals surface area contributed by atoms with E-state index in [9.17, 15) is 14.0 Å². The van der Waals surface area contributed by atoms with Crippen molar-refractivity contribution < 1.29 is 18.5 Å². The highest BCUT2D eigenvalue weighted by atomic mass is 19.1. The molecule has 0 saturated carbocycles. The summed E-state index contributed by atoms with van der Waals surface area (Å²) in [4.78, 5) is 26.1. The molecule has 1 fully saturated rings. The molecule has 6 nitrogen and oxygen atoms in total. The Morgan fingerprint density at radius 3 is 2.88 bits per heavy atom. The molecule has 0 spiro atoms. The Balaban J connectivity index is 1.53. The summed E-state index contributed by atoms with van der Waals surface area (Å²) in [6, 6.07) is 6.02. The SMILES string of the molecule is CCc1oncc1C(=O)N[C@@H]1CC(=O)N(CCc2ccc(F)cc2)C1. The van der Waals surface area contributed by atoms with E-state index in [1.165, 1.54) is 18.3 Å². The summed E-state index contributed by atoms with van der Waals surface area (Å²) in [6.07, 6.45) is 2.91. The number of likely N-dealkylation sites (tertiary alicyclic amines) is 1. The van der Waals surface area contributed by atoms with Crippen LogP contribution in [0.1, 0.15) is 35.0 Å². The summed E-state index contributed by atoms with van der Waals surface area (Å²) < 4.78 is 17.9. The second-order valence-electron chi connectivity index (χ2n) is 6.11. The molecule has 2 aromatic rings. The van der Waals surface area contributed by atoms with Crippen LogP contribution in [-0.4, -0.2) is 41.0 Å². The molecule has 1 aliphatic heterocycles. The summed E-state index contributed by atoms with van der Waals surface area (Å²) in [5, 5.41) is 6.52. The summed E-state index contributed by atoms with van der Waals surface area (Å²) in [5.74, 6) is 0.00341. The summed E-state index contributed by atoms with van der Waals surface area (Å²) >= 11 is 0. The van der Waals surface area contributed by atoms with Crippen molar-refractivity contribution in [2.45, 2.75) is 32.2 Å². The van der Waals surface area contributed by atoms with Crippen molar-refractivity contribution in [3.8, 4) is 0 Å². The lowest BCUT2D eigenvalue weighted by Crippen LogP contribution is -2.37. The van der Waals surface area contributed by atoms with E-state index in [2.05, 4.69) is 10.5 Å². The first-order chi connectivity index (χ1) is 12.1. The van der Waals surface area contributed by atoms with Gasteiger partial charge in [0.15, 0.2) is 0 Å². The Hall–Kier alpha value is -2.70. The van der Waals surface area contributed by atoms with Crippen molar-refractivity contribution in [1.29, 1.82) is 0 Å². The fraction of sp³-hybridized carbons (Fsp3) is 0.389. The fourth-order valence-corrected chi connectivity index (χ4v) is 2.97. The lowest BCUT2D eigenvalue weighted by atomic mass is 10.1. The van der Waals surface area contributed by atoms with Crippen LogP contribution in [-0.2, 0) is 17.6 Å². The molecule has 132 valence electrons. The Morgan fingerprint density at radius 2 is 2.16 bits per heavy atom. The van der Waals surface area contributed by atoms with Gasteiger partial charge in [0.1, 0.15) is 17.1 Å². The number of carbonyl (C=O) groups is 2. The van der Waals surface area contributed by atoms with Gasteiger partial charge in [-0.05, 0) is 24.1 Å². The van der Waals surface area contributed by atoms with E-state index in [-0.39, 0.29) is 30.1 Å². The van der Waals surface area contributed by atoms with Crippen LogP contribution in [0.5, 0.6) is 0 Å². The number of aromatic nitrogens is 1. The Bertz CT molecular complexity index is 757. The molecule has 0 radical (unpaired) electrons. The van der Waals surface area contributed by atoms with Gasteiger partial charge in [0.2, 0.25) is 5.91 Å². The molecule has 0 unspecified atom stereocenters. The highest BCUT2D eigenvalue weighted by molar-refractivity contribution is 5.95. The smallest absolute Gasteiger partial charge is 0.256 e. The molecule has 0 aliphatic carbocycles. The fourth-order valence-electron chi connectivity index (χ4n) is 2.97. The van der Waals surface area contributed by atoms with Gasteiger partial charge in [0, 0.05) is 25.9 Å². The lowest BCUT2D eigenvalue weighted by Gasteiger charge is -2.17. The number of rotatable bonds is 6. The van der Waals surface area contributed by atoms with E-state index in [0.29, 0.717) is 37.3 Å². The predicted octanol–water partition coefficient (Wildman–Crippen LogP) is 1.95. The minimum absolute atomic E-state index is 0.00782. The number of carbonyl (C=O) groups excluding carboxylic acids is 2. The predicted molar refractivity (Wildman–Crippen MR) is 88.4 cm³/mol. The third kappa shape index (κ3) is 4.04. The monoisotopic (exact) mass is 345 g/mol. The number of aryl methyl sites for hydroxylation is 1. The normalized spacial score (nSPS) is 17.1. The van der Waals surface area contributed by atoms with E-state index in [4.69, 9.17) is 4.52 Å². The minimum Gasteiger partial charge on any atom is -0.361 e. The van der Waals surface area contributed by atoms with Gasteiger partial charge in [-0.1, -0.05) is 24.2 Å². The average molecular weight is 345 g/mol. The van der Waals surface area contributed by atoms with Crippen LogP contribution in [0.3, 0.4) is 0 Å². The third-order valence-electron chi connectivity index (χ3n) is 4.34. The van der Waals surface area contributed by atoms with Crippen molar-refractivity contribution in [2.75, 3.05) is 13.1 Å². The van der Waals surface area contributed by atoms with Crippen molar-refractivity contribution in [1.82, 2.24) is 15.4 Å². The molecule has 1 saturated heterocycles. The van der Waals surface area contributed by atoms with Gasteiger partial charge in [0.05, 0.1) is 12.2 Å². The molecule has 7 heteroatoms. The second-order valence-corrected chi connectivity index (χ2v) is 6.11. The van der Waals surface area contributed by atoms with Crippen molar-refractivity contribution in [3.05, 3.63) is 53.2 Å². The van der Waals surface area contributed by atoms with Gasteiger partial charge in [-0.2, -0.15) is 0 Å². The number of hydrogen-bond acceptors (Lipinski definition) is 4. The maximum Gasteiger partial charge on any atom is 0.256 e. The Morgan fingerprint density at radius 1 is 1.40 bits per heavy atom. The van der Waals surface area contributed by atoms with E-state index in [1.807, 2.05) is 6.92 Å². The standard InChI is InChI=1S/C18H20FN3O3/c1-2-16-15(10-20-25-16)18(24)21-14-9-17(23)22(11-14)8-7-12-3-5-13(19)6-4-12/h3-6,10,14H,2,7-9,11H2,1H3,(H,21,24)/t14-/m1/s1. The first-order valence-corrected chi connectivity index (χ1v) is 8.33. The Labute approximate surface area is 145 Å². The zero-order chi connectivity index (χ0) is 17.8. The van der Waals surface area contributed by atoms with E-state index in [0.717, 1.165) is 5.56 Å². The maximum atomic E-state index is 12.9. The number of nitrogens with one attached hydrogen (secondary N) is 1. The van der Waals surface area contributed by atoms with Gasteiger partial charge in [-0.3, -0.25) is 9.59 Å². The van der Waals surface area contributed by atoms with Gasteiger partial charge < -0.3 is 14.7 Å². The highest BCUT2D eigenvalue weighted by Crippen LogP contribution is 2.15. The van der Waals surface area contributed by atoms with Gasteiger partial charge in [0.25, 0.3) is 5.91 Å². The maximum absolute atomic E-state index is 12.9. The van der Waals surface area contributed by atoms with Crippen LogP contribution < -0.4 is 5.32 Å². The molecule has 2 amide bonds. The molecule has 1 aliphatic rings. The van der Waals surface area contributed by atoms with Crippen LogP contribution in [0.15, 0.2) is 35.0 Å². The molecule has 25 heavy (non-hydrogen) atoms. The van der Waals surface area contributed by atoms with E-state index >= 15 is 0 Å². The molecular weight excluding hydrogens is 325 g/mol. The zero-order valence-corrected chi connectivity index (χ0v) is 14.0. The molecular formula is C18H20FN3O3. The van der Waals surface area contributed by atoms with E-state index in [1.54, 1.807) is 17.0 Å². The third-order valence-corrected chi connectivity index (χ3v) is 4.34. The molecule has 0 bridgehead atoms. The highest BCUT2D eigenvalue weighted by Gasteiger charge is 2.31. The first kappa shape index (κ1) is 17.1. The second kappa shape index (κ2) is 7.46. The molecule has 1 aromatic heterocycles. The van der Waals surface area contributed by atoms with Gasteiger partial charge in [-0.25, -0.2) is 4.39 Å². The number of halogens is 1. The number of hydrogen-bond donors (Lipinski definition) is 1. The van der Waals surface area contributed by atoms with Gasteiger partial charge in [-0.15, -0.1) is 0 Å². The topological polar surface area (TPSA) is 75.4 Å². The Kier molecular flexibility index (Phi) is 5.11. The summed E-state index contributed by atoms with van der Waals surface area (Å²) in [5.41, 5.74) is 1.39. The quantitative estimate of drug-likeness (QED) is 0.868. The van der Waals surface area contributed by atoms with Crippen LogP contribution in [0, 0.1) is 5.82 Å². The summed E-state index contributed by atoms with van der Waals surface area (Å²) in [6.45, 7) is 2.90. The van der Waals surface area contributed by atoms with Crippen molar-refractivity contribution in [3.63, 3.8) is 0 Å². The lowest BCUT2D eigenvalue weighted by molar-refractivity contribution is -0.127. The largest absolute Gasteiger partial charge is 0.361 e.